The van der Waals surface area contributed by atoms with E-state index in [1.807, 2.05) is 0 Å². The first-order valence-electron chi connectivity index (χ1n) is 21.1. The van der Waals surface area contributed by atoms with Crippen molar-refractivity contribution in [3.63, 3.8) is 0 Å². The van der Waals surface area contributed by atoms with E-state index < -0.39 is 0 Å². The lowest BCUT2D eigenvalue weighted by atomic mass is 9.43. The Bertz CT molecular complexity index is 3450. The lowest BCUT2D eigenvalue weighted by molar-refractivity contribution is 0.587. The summed E-state index contributed by atoms with van der Waals surface area (Å²) in [6.45, 7) is 20.5. The molecule has 2 aliphatic heterocycles. The molecule has 0 aliphatic carbocycles. The molecule has 5 heterocycles. The third kappa shape index (κ3) is 4.73. The molecule has 0 radical (unpaired) electrons. The van der Waals surface area contributed by atoms with Crippen molar-refractivity contribution in [3.8, 4) is 16.8 Å². The largest absolute Gasteiger partial charge is 0.456 e. The van der Waals surface area contributed by atoms with Crippen molar-refractivity contribution >= 4 is 94.8 Å². The van der Waals surface area contributed by atoms with Crippen LogP contribution in [0.1, 0.15) is 79.0 Å². The monoisotopic (exact) mass is 766 g/mol. The minimum absolute atomic E-state index is 0.0148. The molecular weight excluding hydrogens is 719 g/mol. The zero-order valence-corrected chi connectivity index (χ0v) is 35.3. The van der Waals surface area contributed by atoms with Gasteiger partial charge in [0, 0.05) is 49.6 Å². The van der Waals surface area contributed by atoms with Gasteiger partial charge in [0.1, 0.15) is 22.3 Å². The molecule has 0 saturated heterocycles. The van der Waals surface area contributed by atoms with Gasteiger partial charge in [-0.3, -0.25) is 0 Å². The highest BCUT2D eigenvalue weighted by Crippen LogP contribution is 2.49. The molecule has 59 heavy (non-hydrogen) atoms. The molecule has 288 valence electrons. The molecule has 2 aliphatic rings. The van der Waals surface area contributed by atoms with Gasteiger partial charge in [-0.2, -0.15) is 0 Å². The van der Waals surface area contributed by atoms with E-state index in [2.05, 4.69) is 193 Å². The Hall–Kier alpha value is -6.20. The number of aromatic nitrogens is 1. The van der Waals surface area contributed by atoms with Crippen LogP contribution in [0.15, 0.2) is 130 Å². The fraction of sp³-hybridized carbons (Fsp3) is 0.222. The zero-order chi connectivity index (χ0) is 40.5. The van der Waals surface area contributed by atoms with Crippen molar-refractivity contribution in [1.29, 1.82) is 0 Å². The van der Waals surface area contributed by atoms with Gasteiger partial charge >= 0.3 is 6.85 Å². The highest BCUT2D eigenvalue weighted by atomic mass is 16.3. The smallest absolute Gasteiger partial charge is 0.333 e. The summed E-state index contributed by atoms with van der Waals surface area (Å²) in [7, 11) is 0. The number of fused-ring (bicyclic) bond motifs is 15. The molecule has 0 saturated carbocycles. The van der Waals surface area contributed by atoms with Crippen molar-refractivity contribution < 1.29 is 8.83 Å². The third-order valence-electron chi connectivity index (χ3n) is 13.5. The van der Waals surface area contributed by atoms with E-state index in [4.69, 9.17) is 8.83 Å². The first kappa shape index (κ1) is 34.8. The SMILES string of the molecule is CC(C)(C)c1ccc(N2B3c4cc(C(C)(C)C)ccc4-n4c5ccc6c7ccccc7oc6c5c5ccc(c3c54)-c3cc4oc5cc(C(C)(C)C)ccc5c4cc32)cc1. The first-order valence-corrected chi connectivity index (χ1v) is 21.1. The number of nitrogens with zero attached hydrogens (tertiary/aromatic N) is 2. The second-order valence-electron chi connectivity index (χ2n) is 20.2. The molecule has 5 heteroatoms. The van der Waals surface area contributed by atoms with Crippen LogP contribution in [0.5, 0.6) is 0 Å². The summed E-state index contributed by atoms with van der Waals surface area (Å²) in [5, 5.41) is 6.96. The predicted octanol–water partition coefficient (Wildman–Crippen LogP) is 13.7. The summed E-state index contributed by atoms with van der Waals surface area (Å²) < 4.78 is 16.1. The average Bonchev–Trinajstić information content (AvgIpc) is 3.87. The van der Waals surface area contributed by atoms with Crippen molar-refractivity contribution in [3.05, 3.63) is 138 Å². The molecule has 0 unspecified atom stereocenters. The van der Waals surface area contributed by atoms with Gasteiger partial charge in [-0.25, -0.2) is 0 Å². The summed E-state index contributed by atoms with van der Waals surface area (Å²) in [5.41, 5.74) is 18.7. The van der Waals surface area contributed by atoms with Gasteiger partial charge in [0.05, 0.1) is 16.4 Å². The van der Waals surface area contributed by atoms with E-state index >= 15 is 0 Å². The molecule has 0 spiro atoms. The number of anilines is 2. The number of furan rings is 2. The van der Waals surface area contributed by atoms with E-state index in [-0.39, 0.29) is 23.1 Å². The number of rotatable bonds is 1. The van der Waals surface area contributed by atoms with E-state index in [1.165, 1.54) is 66.7 Å². The van der Waals surface area contributed by atoms with Crippen LogP contribution in [0.3, 0.4) is 0 Å². The van der Waals surface area contributed by atoms with Gasteiger partial charge in [-0.1, -0.05) is 129 Å². The maximum atomic E-state index is 6.81. The minimum Gasteiger partial charge on any atom is -0.456 e. The molecule has 7 aromatic carbocycles. The van der Waals surface area contributed by atoms with E-state index in [1.54, 1.807) is 0 Å². The summed E-state index contributed by atoms with van der Waals surface area (Å²) in [4.78, 5) is 2.63. The summed E-state index contributed by atoms with van der Waals surface area (Å²) in [6, 6.07) is 45.8. The van der Waals surface area contributed by atoms with Crippen molar-refractivity contribution in [2.24, 2.45) is 0 Å². The normalized spacial score (nSPS) is 14.1. The molecule has 0 atom stereocenters. The lowest BCUT2D eigenvalue weighted by Gasteiger charge is -2.42. The molecule has 0 fully saturated rings. The van der Waals surface area contributed by atoms with Gasteiger partial charge in [-0.15, -0.1) is 0 Å². The van der Waals surface area contributed by atoms with Crippen LogP contribution in [0.2, 0.25) is 0 Å². The zero-order valence-electron chi connectivity index (χ0n) is 35.3. The van der Waals surface area contributed by atoms with Crippen molar-refractivity contribution in [2.45, 2.75) is 78.6 Å². The van der Waals surface area contributed by atoms with E-state index in [0.29, 0.717) is 0 Å². The Morgan fingerprint density at radius 3 is 1.88 bits per heavy atom. The third-order valence-corrected chi connectivity index (χ3v) is 13.5. The number of benzene rings is 7. The molecule has 10 aromatic rings. The fourth-order valence-electron chi connectivity index (χ4n) is 10.3. The van der Waals surface area contributed by atoms with Crippen LogP contribution in [-0.2, 0) is 16.2 Å². The summed E-state index contributed by atoms with van der Waals surface area (Å²) >= 11 is 0. The second kappa shape index (κ2) is 11.3. The quantitative estimate of drug-likeness (QED) is 0.156. The number of hydrogen-bond acceptors (Lipinski definition) is 3. The highest BCUT2D eigenvalue weighted by Gasteiger charge is 2.45. The maximum absolute atomic E-state index is 6.81. The highest BCUT2D eigenvalue weighted by molar-refractivity contribution is 6.93. The molecule has 3 aromatic heterocycles. The summed E-state index contributed by atoms with van der Waals surface area (Å²) in [6.07, 6.45) is 0. The average molecular weight is 767 g/mol. The van der Waals surface area contributed by atoms with Crippen molar-refractivity contribution in [1.82, 2.24) is 4.57 Å². The first-order chi connectivity index (χ1) is 28.1. The Kier molecular flexibility index (Phi) is 6.66. The van der Waals surface area contributed by atoms with Crippen LogP contribution in [0.4, 0.5) is 11.4 Å². The fourth-order valence-corrected chi connectivity index (χ4v) is 10.3. The Balaban J connectivity index is 1.24. The number of hydrogen-bond donors (Lipinski definition) is 0. The Morgan fingerprint density at radius 1 is 0.475 bits per heavy atom. The molecule has 4 nitrogen and oxygen atoms in total. The minimum atomic E-state index is -0.0925. The molecule has 0 bridgehead atoms. The standard InChI is InChI=1S/C54H47BN2O2/c1-52(2,3)30-14-18-33(19-15-30)57-44-28-40-35-20-16-32(54(7,8)9)27-46(35)58-47(40)29-39(44)36-21-22-38-48-43(25-23-37-34-12-10-11-13-45(34)59-51(37)48)56-42-24-17-31(53(4,5)6)26-41(42)55(57)49(36)50(38)56/h10-29H,1-9H3. The Morgan fingerprint density at radius 2 is 1.12 bits per heavy atom. The molecular formula is C54H47BN2O2. The second-order valence-corrected chi connectivity index (χ2v) is 20.2. The number of para-hydroxylation sites is 1. The van der Waals surface area contributed by atoms with Gasteiger partial charge in [0.15, 0.2) is 0 Å². The Labute approximate surface area is 345 Å². The van der Waals surface area contributed by atoms with Crippen LogP contribution in [-0.4, -0.2) is 11.4 Å². The van der Waals surface area contributed by atoms with Crippen LogP contribution >= 0.6 is 0 Å². The topological polar surface area (TPSA) is 34.5 Å². The van der Waals surface area contributed by atoms with Gasteiger partial charge in [0.25, 0.3) is 0 Å². The van der Waals surface area contributed by atoms with Gasteiger partial charge in [-0.05, 0) is 104 Å². The van der Waals surface area contributed by atoms with Gasteiger partial charge < -0.3 is 18.2 Å². The predicted molar refractivity (Wildman–Crippen MR) is 250 cm³/mol. The molecule has 0 amide bonds. The van der Waals surface area contributed by atoms with Gasteiger partial charge in [0.2, 0.25) is 0 Å². The lowest BCUT2D eigenvalue weighted by Crippen LogP contribution is -2.60. The molecule has 12 rings (SSSR count). The van der Waals surface area contributed by atoms with E-state index in [0.717, 1.165) is 54.8 Å². The van der Waals surface area contributed by atoms with Crippen molar-refractivity contribution in [2.75, 3.05) is 4.81 Å². The van der Waals surface area contributed by atoms with Crippen LogP contribution in [0.25, 0.3) is 82.5 Å². The summed E-state index contributed by atoms with van der Waals surface area (Å²) in [5.74, 6) is 0. The molecule has 0 N–H and O–H groups in total. The van der Waals surface area contributed by atoms with Crippen LogP contribution in [0, 0.1) is 0 Å². The van der Waals surface area contributed by atoms with E-state index in [9.17, 15) is 0 Å². The van der Waals surface area contributed by atoms with Crippen LogP contribution < -0.4 is 15.7 Å². The maximum Gasteiger partial charge on any atom is 0.333 e.